The van der Waals surface area contributed by atoms with Crippen LogP contribution in [0.15, 0.2) is 18.2 Å². The summed E-state index contributed by atoms with van der Waals surface area (Å²) in [6.45, 7) is -1.48. The number of fused-ring (bicyclic) bond motifs is 1. The van der Waals surface area contributed by atoms with Gasteiger partial charge >= 0.3 is 19.0 Å². The maximum absolute atomic E-state index is 13.0. The topological polar surface area (TPSA) is 74.2 Å². The summed E-state index contributed by atoms with van der Waals surface area (Å²) in [7, 11) is 0. The number of carbonyl (C=O) groups is 1. The Morgan fingerprint density at radius 3 is 1.97 bits per heavy atom. The number of halogens is 3. The third-order valence-corrected chi connectivity index (χ3v) is 7.24. The Bertz CT molecular complexity index is 791. The van der Waals surface area contributed by atoms with Crippen molar-refractivity contribution in [1.82, 2.24) is 0 Å². The fourth-order valence-corrected chi connectivity index (χ4v) is 5.98. The quantitative estimate of drug-likeness (QED) is 0.372. The molecule has 2 aliphatic carbocycles. The van der Waals surface area contributed by atoms with Crippen LogP contribution in [-0.4, -0.2) is 24.1 Å². The molecular weight excluding hydrogens is 441 g/mol. The lowest BCUT2D eigenvalue weighted by Crippen LogP contribution is -2.52. The number of ether oxygens (including phenoxy) is 4. The summed E-state index contributed by atoms with van der Waals surface area (Å²) in [6.07, 6.45) is 5.34. The minimum absolute atomic E-state index is 0.00628. The molecule has 9 heteroatoms. The van der Waals surface area contributed by atoms with Crippen molar-refractivity contribution in [2.45, 2.75) is 95.5 Å². The molecule has 0 saturated heterocycles. The molecule has 0 bridgehead atoms. The molecular formula is C24H31F3O6. The van der Waals surface area contributed by atoms with Gasteiger partial charge in [-0.05, 0) is 55.7 Å². The highest BCUT2D eigenvalue weighted by molar-refractivity contribution is 5.57. The summed E-state index contributed by atoms with van der Waals surface area (Å²) < 4.78 is 60.3. The van der Waals surface area contributed by atoms with Gasteiger partial charge in [-0.2, -0.15) is 0 Å². The number of alkyl halides is 3. The molecule has 1 N–H and O–H groups in total. The maximum atomic E-state index is 13.0. The Kier molecular flexibility index (Phi) is 7.26. The molecule has 0 radical (unpaired) electrons. The van der Waals surface area contributed by atoms with Crippen LogP contribution in [-0.2, 0) is 15.1 Å². The van der Waals surface area contributed by atoms with Gasteiger partial charge in [-0.1, -0.05) is 51.4 Å². The molecule has 33 heavy (non-hydrogen) atoms. The van der Waals surface area contributed by atoms with E-state index in [0.717, 1.165) is 77.0 Å². The van der Waals surface area contributed by atoms with Crippen molar-refractivity contribution < 1.29 is 42.0 Å². The Hall–Kier alpha value is -2.16. The third kappa shape index (κ3) is 5.50. The number of carboxylic acid groups (broad SMARTS) is 1. The second kappa shape index (κ2) is 9.99. The lowest BCUT2D eigenvalue weighted by molar-refractivity contribution is -0.322. The Balaban J connectivity index is 1.85. The summed E-state index contributed by atoms with van der Waals surface area (Å²) in [6, 6.07) is 3.95. The fourth-order valence-electron chi connectivity index (χ4n) is 5.98. The van der Waals surface area contributed by atoms with Crippen LogP contribution in [0.2, 0.25) is 0 Å². The van der Waals surface area contributed by atoms with Gasteiger partial charge in [0.2, 0.25) is 0 Å². The molecule has 1 aliphatic heterocycles. The van der Waals surface area contributed by atoms with E-state index in [1.807, 2.05) is 0 Å². The van der Waals surface area contributed by atoms with E-state index in [2.05, 4.69) is 4.74 Å². The summed E-state index contributed by atoms with van der Waals surface area (Å²) in [5, 5.41) is 9.24. The lowest BCUT2D eigenvalue weighted by atomic mass is 9.66. The first-order chi connectivity index (χ1) is 15.8. The minimum Gasteiger partial charge on any atom is -0.450 e. The van der Waals surface area contributed by atoms with E-state index in [-0.39, 0.29) is 23.3 Å². The van der Waals surface area contributed by atoms with E-state index in [9.17, 15) is 23.1 Å². The van der Waals surface area contributed by atoms with Crippen LogP contribution in [0.1, 0.15) is 82.6 Å². The van der Waals surface area contributed by atoms with Crippen molar-refractivity contribution in [2.24, 2.45) is 11.8 Å². The van der Waals surface area contributed by atoms with E-state index in [4.69, 9.17) is 14.2 Å². The van der Waals surface area contributed by atoms with Gasteiger partial charge in [0, 0.05) is 5.56 Å². The summed E-state index contributed by atoms with van der Waals surface area (Å²) >= 11 is 0. The van der Waals surface area contributed by atoms with Crippen LogP contribution in [0.5, 0.6) is 11.5 Å². The van der Waals surface area contributed by atoms with Crippen LogP contribution < -0.4 is 9.47 Å². The van der Waals surface area contributed by atoms with E-state index in [1.54, 1.807) is 0 Å². The fraction of sp³-hybridized carbons (Fsp3) is 0.708. The summed E-state index contributed by atoms with van der Waals surface area (Å²) in [5.74, 6) is -0.0354. The molecule has 0 aromatic heterocycles. The van der Waals surface area contributed by atoms with Crippen molar-refractivity contribution in [2.75, 3.05) is 0 Å². The first kappa shape index (κ1) is 24.0. The number of rotatable bonds is 4. The predicted molar refractivity (Wildman–Crippen MR) is 112 cm³/mol. The smallest absolute Gasteiger partial charge is 0.450 e. The zero-order chi connectivity index (χ0) is 23.5. The largest absolute Gasteiger partial charge is 0.573 e. The molecule has 1 aromatic carbocycles. The van der Waals surface area contributed by atoms with E-state index in [0.29, 0.717) is 5.56 Å². The van der Waals surface area contributed by atoms with Gasteiger partial charge in [-0.25, -0.2) is 4.79 Å². The van der Waals surface area contributed by atoms with Gasteiger partial charge in [0.1, 0.15) is 17.1 Å². The Morgan fingerprint density at radius 2 is 1.48 bits per heavy atom. The van der Waals surface area contributed by atoms with Crippen molar-refractivity contribution in [3.05, 3.63) is 23.8 Å². The molecule has 0 spiro atoms. The number of hydrogen-bond acceptors (Lipinski definition) is 5. The van der Waals surface area contributed by atoms with Gasteiger partial charge in [0.05, 0.1) is 0 Å². The zero-order valence-corrected chi connectivity index (χ0v) is 18.6. The zero-order valence-electron chi connectivity index (χ0n) is 18.6. The molecule has 2 saturated carbocycles. The van der Waals surface area contributed by atoms with Crippen molar-refractivity contribution in [1.29, 1.82) is 0 Å². The molecule has 1 aromatic rings. The highest BCUT2D eigenvalue weighted by atomic mass is 19.4. The van der Waals surface area contributed by atoms with Gasteiger partial charge in [0.15, 0.2) is 0 Å². The number of benzene rings is 1. The van der Waals surface area contributed by atoms with Gasteiger partial charge in [-0.15, -0.1) is 13.2 Å². The molecule has 1 atom stereocenters. The van der Waals surface area contributed by atoms with E-state index in [1.165, 1.54) is 18.2 Å². The van der Waals surface area contributed by atoms with E-state index >= 15 is 0 Å². The molecule has 4 rings (SSSR count). The average molecular weight is 473 g/mol. The maximum Gasteiger partial charge on any atom is 0.573 e. The van der Waals surface area contributed by atoms with Crippen molar-refractivity contribution in [3.8, 4) is 11.5 Å². The molecule has 0 amide bonds. The summed E-state index contributed by atoms with van der Waals surface area (Å²) in [5.41, 5.74) is -0.499. The Morgan fingerprint density at radius 1 is 0.939 bits per heavy atom. The Labute approximate surface area is 191 Å². The van der Waals surface area contributed by atoms with Gasteiger partial charge in [-0.3, -0.25) is 4.74 Å². The van der Waals surface area contributed by atoms with Crippen molar-refractivity contribution in [3.63, 3.8) is 0 Å². The highest BCUT2D eigenvalue weighted by Crippen LogP contribution is 2.56. The first-order valence-corrected chi connectivity index (χ1v) is 11.9. The molecule has 1 unspecified atom stereocenters. The van der Waals surface area contributed by atoms with Crippen LogP contribution in [0, 0.1) is 11.8 Å². The summed E-state index contributed by atoms with van der Waals surface area (Å²) in [4.78, 5) is 11.3. The second-order valence-corrected chi connectivity index (χ2v) is 9.28. The van der Waals surface area contributed by atoms with Crippen molar-refractivity contribution >= 4 is 6.16 Å². The minimum atomic E-state index is -4.83. The molecule has 184 valence electrons. The average Bonchev–Trinajstić information content (AvgIpc) is 3.18. The van der Waals surface area contributed by atoms with Crippen LogP contribution in [0.3, 0.4) is 0 Å². The molecule has 6 nitrogen and oxygen atoms in total. The number of hydrogen-bond donors (Lipinski definition) is 1. The normalized spacial score (nSPS) is 24.6. The highest BCUT2D eigenvalue weighted by Gasteiger charge is 2.54. The molecule has 2 fully saturated rings. The van der Waals surface area contributed by atoms with Gasteiger partial charge < -0.3 is 19.3 Å². The van der Waals surface area contributed by atoms with Crippen LogP contribution in [0.25, 0.3) is 0 Å². The van der Waals surface area contributed by atoms with E-state index < -0.39 is 24.6 Å². The predicted octanol–water partition coefficient (Wildman–Crippen LogP) is 7.11. The second-order valence-electron chi connectivity index (χ2n) is 9.28. The molecule has 3 aliphatic rings. The standard InChI is InChI=1S/C24H31F3O6/c25-24(26,27)32-18-13-14-20-19(15-18)23(16-9-5-1-2-6-10-16,17-11-7-3-4-8-12-17)33-22(30-20)31-21(28)29/h13-17,22H,1-12H2,(H,28,29). The van der Waals surface area contributed by atoms with Crippen LogP contribution in [0.4, 0.5) is 18.0 Å². The molecule has 1 heterocycles. The third-order valence-electron chi connectivity index (χ3n) is 7.24. The first-order valence-electron chi connectivity index (χ1n) is 11.9. The van der Waals surface area contributed by atoms with Crippen LogP contribution >= 0.6 is 0 Å². The monoisotopic (exact) mass is 472 g/mol. The van der Waals surface area contributed by atoms with Gasteiger partial charge in [0.25, 0.3) is 0 Å². The lowest BCUT2D eigenvalue weighted by Gasteiger charge is -2.50. The SMILES string of the molecule is O=C(O)OC1Oc2ccc(OC(F)(F)F)cc2C(C2CCCCCC2)(C2CCCCCC2)O1.